The van der Waals surface area contributed by atoms with E-state index in [0.29, 0.717) is 12.4 Å². The first kappa shape index (κ1) is 18.2. The Morgan fingerprint density at radius 3 is 2.82 bits per heavy atom. The number of aryl methyl sites for hydroxylation is 1. The van der Waals surface area contributed by atoms with Crippen molar-refractivity contribution in [3.05, 3.63) is 54.7 Å². The number of hydrogen-bond donors (Lipinski definition) is 0. The van der Waals surface area contributed by atoms with Crippen molar-refractivity contribution in [1.29, 1.82) is 0 Å². The second-order valence-electron chi connectivity index (χ2n) is 6.80. The Morgan fingerprint density at radius 1 is 1.25 bits per heavy atom. The minimum absolute atomic E-state index is 0.0520. The van der Waals surface area contributed by atoms with Gasteiger partial charge in [0.2, 0.25) is 18.6 Å². The second-order valence-corrected chi connectivity index (χ2v) is 6.80. The molecule has 3 heterocycles. The first-order chi connectivity index (χ1) is 13.7. The Kier molecular flexibility index (Phi) is 5.06. The first-order valence-electron chi connectivity index (χ1n) is 9.51. The predicted molar refractivity (Wildman–Crippen MR) is 106 cm³/mol. The van der Waals surface area contributed by atoms with Gasteiger partial charge in [0.05, 0.1) is 16.7 Å². The van der Waals surface area contributed by atoms with Gasteiger partial charge in [0.25, 0.3) is 0 Å². The van der Waals surface area contributed by atoms with Gasteiger partial charge in [0, 0.05) is 19.8 Å². The van der Waals surface area contributed by atoms with Crippen molar-refractivity contribution in [2.24, 2.45) is 7.05 Å². The molecule has 4 rings (SSSR count). The van der Waals surface area contributed by atoms with Crippen molar-refractivity contribution in [2.75, 3.05) is 13.3 Å². The highest BCUT2D eigenvalue weighted by Crippen LogP contribution is 2.26. The third-order valence-electron chi connectivity index (χ3n) is 4.88. The third kappa shape index (κ3) is 3.35. The van der Waals surface area contributed by atoms with Gasteiger partial charge in [-0.2, -0.15) is 0 Å². The number of carbonyl (C=O) groups excluding carboxylic acids is 1. The SMILES string of the molecule is CCCCN(C(=O)Cn1c(-c2cccn2C)nc2ccccc21)C1=COCO1. The van der Waals surface area contributed by atoms with Gasteiger partial charge < -0.3 is 18.6 Å². The van der Waals surface area contributed by atoms with Crippen molar-refractivity contribution in [3.63, 3.8) is 0 Å². The highest BCUT2D eigenvalue weighted by Gasteiger charge is 2.25. The average molecular weight is 380 g/mol. The lowest BCUT2D eigenvalue weighted by molar-refractivity contribution is -0.132. The summed E-state index contributed by atoms with van der Waals surface area (Å²) < 4.78 is 14.6. The number of para-hydroxylation sites is 2. The van der Waals surface area contributed by atoms with Gasteiger partial charge in [-0.05, 0) is 30.7 Å². The van der Waals surface area contributed by atoms with Crippen LogP contribution in [0.3, 0.4) is 0 Å². The molecule has 0 bridgehead atoms. The van der Waals surface area contributed by atoms with Crippen LogP contribution in [-0.4, -0.2) is 38.3 Å². The van der Waals surface area contributed by atoms with E-state index in [2.05, 4.69) is 6.92 Å². The Labute approximate surface area is 163 Å². The van der Waals surface area contributed by atoms with E-state index in [1.165, 1.54) is 6.26 Å². The number of fused-ring (bicyclic) bond motifs is 1. The van der Waals surface area contributed by atoms with Crippen LogP contribution in [0.25, 0.3) is 22.6 Å². The molecule has 0 aliphatic carbocycles. The molecule has 0 spiro atoms. The molecule has 0 fully saturated rings. The van der Waals surface area contributed by atoms with E-state index in [9.17, 15) is 4.79 Å². The summed E-state index contributed by atoms with van der Waals surface area (Å²) in [5, 5.41) is 0. The van der Waals surface area contributed by atoms with Crippen molar-refractivity contribution < 1.29 is 14.3 Å². The van der Waals surface area contributed by atoms with Crippen LogP contribution in [0.2, 0.25) is 0 Å². The molecule has 1 aromatic carbocycles. The second kappa shape index (κ2) is 7.80. The van der Waals surface area contributed by atoms with E-state index in [1.54, 1.807) is 4.90 Å². The van der Waals surface area contributed by atoms with Crippen molar-refractivity contribution in [3.8, 4) is 11.5 Å². The zero-order valence-electron chi connectivity index (χ0n) is 16.2. The maximum atomic E-state index is 13.2. The molecule has 146 valence electrons. The molecule has 0 radical (unpaired) electrons. The number of benzene rings is 1. The Hall–Kier alpha value is -3.22. The van der Waals surface area contributed by atoms with Crippen LogP contribution < -0.4 is 0 Å². The summed E-state index contributed by atoms with van der Waals surface area (Å²) in [6.45, 7) is 3.01. The van der Waals surface area contributed by atoms with E-state index in [4.69, 9.17) is 14.5 Å². The maximum Gasteiger partial charge on any atom is 0.249 e. The largest absolute Gasteiger partial charge is 0.459 e. The zero-order valence-corrected chi connectivity index (χ0v) is 16.2. The quantitative estimate of drug-likeness (QED) is 0.630. The highest BCUT2D eigenvalue weighted by molar-refractivity contribution is 5.84. The molecule has 1 amide bonds. The number of hydrogen-bond acceptors (Lipinski definition) is 4. The normalized spacial score (nSPS) is 13.3. The topological polar surface area (TPSA) is 61.5 Å². The van der Waals surface area contributed by atoms with Crippen LogP contribution in [0, 0.1) is 0 Å². The maximum absolute atomic E-state index is 13.2. The van der Waals surface area contributed by atoms with Gasteiger partial charge in [-0.3, -0.25) is 9.69 Å². The van der Waals surface area contributed by atoms with Crippen molar-refractivity contribution in [2.45, 2.75) is 26.3 Å². The van der Waals surface area contributed by atoms with Crippen LogP contribution in [0.15, 0.2) is 54.7 Å². The molecule has 0 saturated heterocycles. The van der Waals surface area contributed by atoms with Crippen LogP contribution >= 0.6 is 0 Å². The Bertz CT molecular complexity index is 1020. The number of imidazole rings is 1. The number of aromatic nitrogens is 3. The smallest absolute Gasteiger partial charge is 0.249 e. The minimum atomic E-state index is -0.0520. The summed E-state index contributed by atoms with van der Waals surface area (Å²) in [5.74, 6) is 1.20. The molecule has 0 saturated carbocycles. The van der Waals surface area contributed by atoms with E-state index in [1.807, 2.05) is 58.8 Å². The summed E-state index contributed by atoms with van der Waals surface area (Å²) in [7, 11) is 1.98. The standard InChI is InChI=1S/C21H24N4O3/c1-3-4-12-24(20-14-27-15-28-20)19(26)13-25-17-9-6-5-8-16(17)22-21(25)18-10-7-11-23(18)2/h5-11,14H,3-4,12-13,15H2,1-2H3. The number of nitrogens with zero attached hydrogens (tertiary/aromatic N) is 4. The molecule has 7 heteroatoms. The summed E-state index contributed by atoms with van der Waals surface area (Å²) in [4.78, 5) is 19.7. The molecule has 7 nitrogen and oxygen atoms in total. The number of ether oxygens (including phenoxy) is 2. The average Bonchev–Trinajstić information content (AvgIpc) is 3.43. The zero-order chi connectivity index (χ0) is 19.5. The molecule has 0 N–H and O–H groups in total. The molecule has 28 heavy (non-hydrogen) atoms. The fourth-order valence-electron chi connectivity index (χ4n) is 3.39. The lowest BCUT2D eigenvalue weighted by Crippen LogP contribution is -2.34. The molecular formula is C21H24N4O3. The number of carbonyl (C=O) groups is 1. The van der Waals surface area contributed by atoms with E-state index >= 15 is 0 Å². The fourth-order valence-corrected chi connectivity index (χ4v) is 3.39. The number of unbranched alkanes of at least 4 members (excludes halogenated alkanes) is 1. The fraction of sp³-hybridized carbons (Fsp3) is 0.333. The Balaban J connectivity index is 1.71. The lowest BCUT2D eigenvalue weighted by atomic mass is 10.3. The summed E-state index contributed by atoms with van der Waals surface area (Å²) in [6, 6.07) is 11.9. The van der Waals surface area contributed by atoms with Crippen LogP contribution in [0.4, 0.5) is 0 Å². The Morgan fingerprint density at radius 2 is 2.11 bits per heavy atom. The number of rotatable bonds is 7. The molecule has 3 aromatic rings. The predicted octanol–water partition coefficient (Wildman–Crippen LogP) is 3.47. The minimum Gasteiger partial charge on any atom is -0.459 e. The number of amides is 1. The van der Waals surface area contributed by atoms with E-state index in [0.717, 1.165) is 35.4 Å². The first-order valence-corrected chi connectivity index (χ1v) is 9.51. The van der Waals surface area contributed by atoms with Crippen molar-refractivity contribution in [1.82, 2.24) is 19.0 Å². The van der Waals surface area contributed by atoms with Crippen LogP contribution in [-0.2, 0) is 27.9 Å². The van der Waals surface area contributed by atoms with Crippen LogP contribution in [0.1, 0.15) is 19.8 Å². The molecule has 1 aliphatic rings. The highest BCUT2D eigenvalue weighted by atomic mass is 16.7. The molecular weight excluding hydrogens is 356 g/mol. The summed E-state index contributed by atoms with van der Waals surface area (Å²) >= 11 is 0. The molecule has 0 unspecified atom stereocenters. The van der Waals surface area contributed by atoms with Gasteiger partial charge in [-0.1, -0.05) is 25.5 Å². The van der Waals surface area contributed by atoms with Gasteiger partial charge in [-0.15, -0.1) is 0 Å². The summed E-state index contributed by atoms with van der Waals surface area (Å²) in [6.07, 6.45) is 5.36. The van der Waals surface area contributed by atoms with Gasteiger partial charge in [0.15, 0.2) is 5.82 Å². The third-order valence-corrected chi connectivity index (χ3v) is 4.88. The lowest BCUT2D eigenvalue weighted by Gasteiger charge is -2.22. The molecule has 1 aliphatic heterocycles. The van der Waals surface area contributed by atoms with Gasteiger partial charge in [0.1, 0.15) is 12.8 Å². The monoisotopic (exact) mass is 380 g/mol. The van der Waals surface area contributed by atoms with E-state index in [-0.39, 0.29) is 19.2 Å². The molecule has 2 aromatic heterocycles. The van der Waals surface area contributed by atoms with Gasteiger partial charge >= 0.3 is 0 Å². The van der Waals surface area contributed by atoms with E-state index < -0.39 is 0 Å². The summed E-state index contributed by atoms with van der Waals surface area (Å²) in [5.41, 5.74) is 2.76. The van der Waals surface area contributed by atoms with Crippen molar-refractivity contribution >= 4 is 16.9 Å². The van der Waals surface area contributed by atoms with Crippen LogP contribution in [0.5, 0.6) is 0 Å². The van der Waals surface area contributed by atoms with Gasteiger partial charge in [-0.25, -0.2) is 4.98 Å². The molecule has 0 atom stereocenters.